The molecule has 2 aromatic rings. The number of ketones is 1. The third kappa shape index (κ3) is 3.25. The second-order valence-corrected chi connectivity index (χ2v) is 6.83. The number of nitrogens with zero attached hydrogens (tertiary/aromatic N) is 1. The molecule has 3 rings (SSSR count). The van der Waals surface area contributed by atoms with Crippen molar-refractivity contribution in [1.29, 1.82) is 0 Å². The molecule has 0 saturated carbocycles. The molecule has 2 aromatic carbocycles. The van der Waals surface area contributed by atoms with E-state index in [1.54, 1.807) is 36.4 Å². The number of hydrogen-bond donors (Lipinski definition) is 1. The fourth-order valence-electron chi connectivity index (χ4n) is 3.36. The van der Waals surface area contributed by atoms with Crippen molar-refractivity contribution in [1.82, 2.24) is 0 Å². The predicted octanol–water partition coefficient (Wildman–Crippen LogP) is 3.35. The highest BCUT2D eigenvalue weighted by Crippen LogP contribution is 2.44. The second kappa shape index (κ2) is 7.66. The average molecular weight is 402 g/mol. The molecule has 1 amide bonds. The van der Waals surface area contributed by atoms with E-state index < -0.39 is 23.7 Å². The molecule has 0 radical (unpaired) electrons. The number of Topliss-reactive ketones (excluding diaryl/α,β-unsaturated/α-hetero) is 1. The van der Waals surface area contributed by atoms with Gasteiger partial charge in [0, 0.05) is 23.2 Å². The summed E-state index contributed by atoms with van der Waals surface area (Å²) in [6.07, 6.45) is 1.10. The SMILES string of the molecule is C=CCN1C(=O)C(O)(CC(=O)c2ccc(OC)cc2OC)c2cc(Cl)ccc21. The third-order valence-corrected chi connectivity index (χ3v) is 4.97. The molecular weight excluding hydrogens is 382 g/mol. The number of benzene rings is 2. The van der Waals surface area contributed by atoms with E-state index in [9.17, 15) is 14.7 Å². The molecule has 0 aliphatic carbocycles. The first-order valence-electron chi connectivity index (χ1n) is 8.56. The number of carbonyl (C=O) groups excluding carboxylic acids is 2. The van der Waals surface area contributed by atoms with E-state index in [0.29, 0.717) is 27.8 Å². The van der Waals surface area contributed by atoms with E-state index in [1.165, 1.54) is 25.2 Å². The molecule has 1 unspecified atom stereocenters. The number of hydrogen-bond acceptors (Lipinski definition) is 5. The average Bonchev–Trinajstić information content (AvgIpc) is 2.89. The van der Waals surface area contributed by atoms with Gasteiger partial charge in [-0.25, -0.2) is 0 Å². The molecular formula is C21H20ClNO5. The normalized spacial score (nSPS) is 18.0. The van der Waals surface area contributed by atoms with Gasteiger partial charge in [-0.05, 0) is 30.3 Å². The third-order valence-electron chi connectivity index (χ3n) is 4.73. The van der Waals surface area contributed by atoms with Crippen molar-refractivity contribution in [3.8, 4) is 11.5 Å². The van der Waals surface area contributed by atoms with Gasteiger partial charge in [-0.1, -0.05) is 17.7 Å². The van der Waals surface area contributed by atoms with Crippen LogP contribution in [0.3, 0.4) is 0 Å². The molecule has 0 aromatic heterocycles. The molecule has 1 N–H and O–H groups in total. The number of aliphatic hydroxyl groups is 1. The predicted molar refractivity (Wildman–Crippen MR) is 106 cm³/mol. The molecule has 28 heavy (non-hydrogen) atoms. The number of anilines is 1. The van der Waals surface area contributed by atoms with Crippen molar-refractivity contribution in [3.63, 3.8) is 0 Å². The fourth-order valence-corrected chi connectivity index (χ4v) is 3.53. The zero-order valence-corrected chi connectivity index (χ0v) is 16.3. The van der Waals surface area contributed by atoms with Crippen molar-refractivity contribution < 1.29 is 24.2 Å². The number of amides is 1. The maximum atomic E-state index is 13.0. The minimum atomic E-state index is -2.02. The number of ether oxygens (including phenoxy) is 2. The number of methoxy groups -OCH3 is 2. The molecule has 1 aliphatic heterocycles. The van der Waals surface area contributed by atoms with E-state index in [2.05, 4.69) is 6.58 Å². The Morgan fingerprint density at radius 2 is 2.00 bits per heavy atom. The summed E-state index contributed by atoms with van der Waals surface area (Å²) in [5.41, 5.74) is -0.972. The molecule has 0 spiro atoms. The fraction of sp³-hybridized carbons (Fsp3) is 0.238. The van der Waals surface area contributed by atoms with Crippen LogP contribution in [0.25, 0.3) is 0 Å². The standard InChI is InChI=1S/C21H20ClNO5/c1-4-9-23-17-8-5-13(22)10-16(17)21(26,20(23)25)12-18(24)15-7-6-14(27-2)11-19(15)28-3/h4-8,10-11,26H,1,9,12H2,2-3H3. The van der Waals surface area contributed by atoms with Crippen LogP contribution < -0.4 is 14.4 Å². The molecule has 1 aliphatic rings. The van der Waals surface area contributed by atoms with Gasteiger partial charge in [0.1, 0.15) is 11.5 Å². The summed E-state index contributed by atoms with van der Waals surface area (Å²) in [5.74, 6) is -0.210. The van der Waals surface area contributed by atoms with E-state index in [1.807, 2.05) is 0 Å². The smallest absolute Gasteiger partial charge is 0.264 e. The highest BCUT2D eigenvalue weighted by molar-refractivity contribution is 6.31. The van der Waals surface area contributed by atoms with Gasteiger partial charge in [0.25, 0.3) is 5.91 Å². The van der Waals surface area contributed by atoms with Gasteiger partial charge in [-0.2, -0.15) is 0 Å². The van der Waals surface area contributed by atoms with Gasteiger partial charge in [0.15, 0.2) is 11.4 Å². The van der Waals surface area contributed by atoms with Gasteiger partial charge >= 0.3 is 0 Å². The quantitative estimate of drug-likeness (QED) is 0.568. The first-order chi connectivity index (χ1) is 13.3. The molecule has 1 heterocycles. The Labute approximate surface area is 167 Å². The molecule has 146 valence electrons. The number of halogens is 1. The van der Waals surface area contributed by atoms with Crippen LogP contribution in [0, 0.1) is 0 Å². The van der Waals surface area contributed by atoms with Crippen LogP contribution in [-0.2, 0) is 10.4 Å². The van der Waals surface area contributed by atoms with Crippen LogP contribution in [0.2, 0.25) is 5.02 Å². The lowest BCUT2D eigenvalue weighted by atomic mass is 9.88. The Morgan fingerprint density at radius 3 is 2.64 bits per heavy atom. The van der Waals surface area contributed by atoms with Crippen molar-refractivity contribution in [2.45, 2.75) is 12.0 Å². The van der Waals surface area contributed by atoms with E-state index >= 15 is 0 Å². The van der Waals surface area contributed by atoms with Crippen LogP contribution in [0.4, 0.5) is 5.69 Å². The van der Waals surface area contributed by atoms with E-state index in [4.69, 9.17) is 21.1 Å². The molecule has 1 atom stereocenters. The second-order valence-electron chi connectivity index (χ2n) is 6.39. The highest BCUT2D eigenvalue weighted by atomic mass is 35.5. The number of carbonyl (C=O) groups is 2. The van der Waals surface area contributed by atoms with Crippen molar-refractivity contribution >= 4 is 29.0 Å². The zero-order chi connectivity index (χ0) is 20.5. The van der Waals surface area contributed by atoms with Gasteiger partial charge in [0.05, 0.1) is 31.9 Å². The summed E-state index contributed by atoms with van der Waals surface area (Å²) in [4.78, 5) is 27.4. The van der Waals surface area contributed by atoms with Gasteiger partial charge in [-0.15, -0.1) is 6.58 Å². The Hall–Kier alpha value is -2.83. The lowest BCUT2D eigenvalue weighted by Crippen LogP contribution is -2.42. The summed E-state index contributed by atoms with van der Waals surface area (Å²) in [7, 11) is 2.94. The molecule has 7 heteroatoms. The van der Waals surface area contributed by atoms with Gasteiger partial charge in [0.2, 0.25) is 0 Å². The Balaban J connectivity index is 2.02. The monoisotopic (exact) mass is 401 g/mol. The Kier molecular flexibility index (Phi) is 5.45. The van der Waals surface area contributed by atoms with Gasteiger partial charge < -0.3 is 19.5 Å². The maximum Gasteiger partial charge on any atom is 0.264 e. The lowest BCUT2D eigenvalue weighted by molar-refractivity contribution is -0.135. The maximum absolute atomic E-state index is 13.0. The van der Waals surface area contributed by atoms with Crippen molar-refractivity contribution in [2.75, 3.05) is 25.7 Å². The van der Waals surface area contributed by atoms with Crippen molar-refractivity contribution in [3.05, 3.63) is 65.2 Å². The van der Waals surface area contributed by atoms with Gasteiger partial charge in [-0.3, -0.25) is 9.59 Å². The summed E-state index contributed by atoms with van der Waals surface area (Å²) in [6, 6.07) is 9.52. The minimum absolute atomic E-state index is 0.204. The number of fused-ring (bicyclic) bond motifs is 1. The Morgan fingerprint density at radius 1 is 1.25 bits per heavy atom. The van der Waals surface area contributed by atoms with Crippen LogP contribution >= 0.6 is 11.6 Å². The number of rotatable bonds is 7. The zero-order valence-electron chi connectivity index (χ0n) is 15.6. The first-order valence-corrected chi connectivity index (χ1v) is 8.94. The molecule has 0 bridgehead atoms. The van der Waals surface area contributed by atoms with Crippen LogP contribution in [0.1, 0.15) is 22.3 Å². The molecule has 0 saturated heterocycles. The summed E-state index contributed by atoms with van der Waals surface area (Å²) in [6.45, 7) is 3.85. The highest BCUT2D eigenvalue weighted by Gasteiger charge is 2.51. The van der Waals surface area contributed by atoms with Crippen LogP contribution in [0.5, 0.6) is 11.5 Å². The molecule has 6 nitrogen and oxygen atoms in total. The summed E-state index contributed by atoms with van der Waals surface area (Å²) < 4.78 is 10.4. The van der Waals surface area contributed by atoms with Crippen molar-refractivity contribution in [2.24, 2.45) is 0 Å². The summed E-state index contributed by atoms with van der Waals surface area (Å²) >= 11 is 6.08. The van der Waals surface area contributed by atoms with Crippen LogP contribution in [-0.4, -0.2) is 37.6 Å². The van der Waals surface area contributed by atoms with E-state index in [-0.39, 0.29) is 12.1 Å². The lowest BCUT2D eigenvalue weighted by Gasteiger charge is -2.22. The van der Waals surface area contributed by atoms with Crippen LogP contribution in [0.15, 0.2) is 49.1 Å². The van der Waals surface area contributed by atoms with E-state index in [0.717, 1.165) is 0 Å². The molecule has 0 fully saturated rings. The Bertz CT molecular complexity index is 958. The topological polar surface area (TPSA) is 76.1 Å². The minimum Gasteiger partial charge on any atom is -0.497 e. The summed E-state index contributed by atoms with van der Waals surface area (Å²) in [5, 5.41) is 11.6. The largest absolute Gasteiger partial charge is 0.497 e. The first kappa shape index (κ1) is 19.9.